The van der Waals surface area contributed by atoms with Crippen molar-refractivity contribution in [2.45, 2.75) is 43.2 Å². The van der Waals surface area contributed by atoms with Gasteiger partial charge in [0, 0.05) is 4.90 Å². The highest BCUT2D eigenvalue weighted by atomic mass is 35.5. The lowest BCUT2D eigenvalue weighted by atomic mass is 10.1. The van der Waals surface area contributed by atoms with Gasteiger partial charge in [0.05, 0.1) is 18.7 Å². The predicted octanol–water partition coefficient (Wildman–Crippen LogP) is 3.85. The number of ether oxygens (including phenoxy) is 4. The van der Waals surface area contributed by atoms with Crippen LogP contribution in [0.15, 0.2) is 35.2 Å². The summed E-state index contributed by atoms with van der Waals surface area (Å²) < 4.78 is 22.8. The van der Waals surface area contributed by atoms with Crippen molar-refractivity contribution in [3.63, 3.8) is 0 Å². The Morgan fingerprint density at radius 2 is 1.94 bits per heavy atom. The zero-order valence-electron chi connectivity index (χ0n) is 18.4. The smallest absolute Gasteiger partial charge is 0.296 e. The molecule has 0 saturated carbocycles. The third kappa shape index (κ3) is 5.86. The largest absolute Gasteiger partial charge is 0.456 e. The Morgan fingerprint density at radius 3 is 2.70 bits per heavy atom. The van der Waals surface area contributed by atoms with Crippen molar-refractivity contribution >= 4 is 47.3 Å². The van der Waals surface area contributed by atoms with Crippen LogP contribution in [0.3, 0.4) is 0 Å². The number of benzene rings is 1. The molecule has 1 aromatic carbocycles. The van der Waals surface area contributed by atoms with E-state index in [1.807, 2.05) is 26.0 Å². The van der Waals surface area contributed by atoms with Crippen molar-refractivity contribution in [2.24, 2.45) is 5.14 Å². The molecule has 3 aromatic rings. The Balaban J connectivity index is 0.000000728. The normalized spacial score (nSPS) is 23.2. The van der Waals surface area contributed by atoms with Crippen LogP contribution in [0.2, 0.25) is 5.02 Å². The number of aromatic nitrogens is 3. The Hall–Kier alpha value is -1.73. The van der Waals surface area contributed by atoms with Gasteiger partial charge in [-0.3, -0.25) is 5.14 Å². The van der Waals surface area contributed by atoms with E-state index in [2.05, 4.69) is 27.6 Å². The van der Waals surface area contributed by atoms with Crippen molar-refractivity contribution in [1.29, 1.82) is 0 Å². The molecule has 0 amide bonds. The Morgan fingerprint density at radius 1 is 1.18 bits per heavy atom. The number of fused-ring (bicyclic) bond motifs is 2. The highest BCUT2D eigenvalue weighted by Crippen LogP contribution is 2.33. The summed E-state index contributed by atoms with van der Waals surface area (Å²) in [6, 6.07) is 9.21. The number of hydrogen-bond acceptors (Lipinski definition) is 10. The number of aliphatic hydroxyl groups excluding tert-OH is 1. The lowest BCUT2D eigenvalue weighted by Gasteiger charge is -2.15. The van der Waals surface area contributed by atoms with Crippen molar-refractivity contribution in [3.8, 4) is 17.6 Å². The summed E-state index contributed by atoms with van der Waals surface area (Å²) in [5, 5.41) is 15.7. The van der Waals surface area contributed by atoms with Crippen LogP contribution in [0.5, 0.6) is 17.6 Å². The summed E-state index contributed by atoms with van der Waals surface area (Å²) in [6.07, 6.45) is -0.0261. The van der Waals surface area contributed by atoms with Crippen molar-refractivity contribution in [1.82, 2.24) is 15.0 Å². The van der Waals surface area contributed by atoms with Gasteiger partial charge < -0.3 is 29.0 Å². The molecule has 33 heavy (non-hydrogen) atoms. The molecule has 0 bridgehead atoms. The molecule has 5 rings (SSSR count). The summed E-state index contributed by atoms with van der Waals surface area (Å²) in [5.74, 6) is 0.787. The minimum absolute atomic E-state index is 0.225. The van der Waals surface area contributed by atoms with Crippen molar-refractivity contribution in [2.75, 3.05) is 19.5 Å². The number of aromatic amines is 1. The number of halogens is 1. The fourth-order valence-corrected chi connectivity index (χ4v) is 3.95. The van der Waals surface area contributed by atoms with E-state index in [0.29, 0.717) is 28.5 Å². The molecule has 0 aliphatic carbocycles. The molecule has 180 valence electrons. The van der Waals surface area contributed by atoms with Gasteiger partial charge in [0.1, 0.15) is 29.1 Å². The first-order valence-corrected chi connectivity index (χ1v) is 12.5. The Labute approximate surface area is 206 Å². The van der Waals surface area contributed by atoms with Crippen LogP contribution in [0.1, 0.15) is 13.8 Å². The monoisotopic (exact) mass is 514 g/mol. The first kappa shape index (κ1) is 25.9. The zero-order valence-corrected chi connectivity index (χ0v) is 20.9. The Bertz CT molecular complexity index is 1060. The first-order chi connectivity index (χ1) is 16.1. The van der Waals surface area contributed by atoms with Gasteiger partial charge in [0.2, 0.25) is 5.88 Å². The number of aliphatic hydroxyl groups is 1. The molecule has 0 spiro atoms. The number of nitrogens with zero attached hydrogens (tertiary/aromatic N) is 2. The molecule has 2 aromatic heterocycles. The second-order valence-electron chi connectivity index (χ2n) is 6.70. The van der Waals surface area contributed by atoms with E-state index in [4.69, 9.17) is 35.7 Å². The average Bonchev–Trinajstić information content (AvgIpc) is 3.54. The van der Waals surface area contributed by atoms with Crippen LogP contribution in [0.4, 0.5) is 0 Å². The maximum absolute atomic E-state index is 9.84. The van der Waals surface area contributed by atoms with E-state index in [9.17, 15) is 5.11 Å². The van der Waals surface area contributed by atoms with Crippen LogP contribution in [-0.4, -0.2) is 63.9 Å². The minimum atomic E-state index is -0.638. The quantitative estimate of drug-likeness (QED) is 0.297. The lowest BCUT2D eigenvalue weighted by molar-refractivity contribution is 0.00706. The fourth-order valence-electron chi connectivity index (χ4n) is 3.42. The molecule has 2 aliphatic heterocycles. The lowest BCUT2D eigenvalue weighted by Crippen LogP contribution is -2.34. The summed E-state index contributed by atoms with van der Waals surface area (Å²) in [7, 11) is 0. The van der Waals surface area contributed by atoms with Crippen LogP contribution < -0.4 is 14.6 Å². The molecule has 2 saturated heterocycles. The zero-order chi connectivity index (χ0) is 24.0. The predicted molar refractivity (Wildman–Crippen MR) is 132 cm³/mol. The number of nitrogens with one attached hydrogen (secondary N) is 1. The number of pyridine rings is 1. The summed E-state index contributed by atoms with van der Waals surface area (Å²) in [5.41, 5.74) is 0.998. The van der Waals surface area contributed by atoms with E-state index in [-0.39, 0.29) is 36.8 Å². The van der Waals surface area contributed by atoms with Gasteiger partial charge in [-0.1, -0.05) is 31.5 Å². The first-order valence-electron chi connectivity index (χ1n) is 10.3. The highest BCUT2D eigenvalue weighted by molar-refractivity contribution is 7.97. The molecule has 12 heteroatoms. The maximum atomic E-state index is 9.84. The maximum Gasteiger partial charge on any atom is 0.296 e. The van der Waals surface area contributed by atoms with Crippen molar-refractivity contribution in [3.05, 3.63) is 35.4 Å². The second-order valence-corrected chi connectivity index (χ2v) is 7.82. The second kappa shape index (κ2) is 12.1. The third-order valence-corrected chi connectivity index (χ3v) is 5.57. The third-order valence-electron chi connectivity index (χ3n) is 4.77. The van der Waals surface area contributed by atoms with Gasteiger partial charge in [0.15, 0.2) is 11.8 Å². The van der Waals surface area contributed by atoms with E-state index < -0.39 is 6.10 Å². The summed E-state index contributed by atoms with van der Waals surface area (Å²) in [4.78, 5) is 12.6. The van der Waals surface area contributed by atoms with Gasteiger partial charge in [-0.2, -0.15) is 22.6 Å². The fraction of sp³-hybridized carbons (Fsp3) is 0.429. The highest BCUT2D eigenvalue weighted by Gasteiger charge is 2.48. The van der Waals surface area contributed by atoms with Crippen LogP contribution >= 0.6 is 36.2 Å². The number of imidazole rings is 1. The minimum Gasteiger partial charge on any atom is -0.456 e. The van der Waals surface area contributed by atoms with Crippen LogP contribution in [0.25, 0.3) is 11.2 Å². The molecule has 9 nitrogen and oxygen atoms in total. The van der Waals surface area contributed by atoms with Gasteiger partial charge in [-0.05, 0) is 42.5 Å². The van der Waals surface area contributed by atoms with E-state index in [1.54, 1.807) is 24.5 Å². The molecule has 4 N–H and O–H groups in total. The van der Waals surface area contributed by atoms with Crippen LogP contribution in [0, 0.1) is 0 Å². The topological polar surface area (TPSA) is 125 Å². The number of nitrogens with two attached hydrogens (primary N) is 1. The number of rotatable bonds is 5. The molecule has 2 fully saturated rings. The van der Waals surface area contributed by atoms with E-state index in [0.717, 1.165) is 16.8 Å². The molecular weight excluding hydrogens is 488 g/mol. The van der Waals surface area contributed by atoms with Gasteiger partial charge in [-0.25, -0.2) is 0 Å². The number of H-pyrrole nitrogens is 1. The molecule has 0 unspecified atom stereocenters. The SMILES string of the molecule is CC.CS.NSc1cccc(Oc2nc3nc(O[C@@H]4CO[C@H]5[C@@H]4OC[C@H]5O)[nH]c3cc2Cl)c1. The van der Waals surface area contributed by atoms with Gasteiger partial charge >= 0.3 is 0 Å². The van der Waals surface area contributed by atoms with E-state index >= 15 is 0 Å². The van der Waals surface area contributed by atoms with E-state index in [1.165, 1.54) is 0 Å². The number of hydrogen-bond donors (Lipinski definition) is 4. The number of thiol groups is 1. The standard InChI is InChI=1S/C18H17ClN4O5S.C2H6.CH4S/c19-10-5-11-16(22-17(10)27-8-2-1-3-9(4-8)29-20)23-18(21-11)28-13-7-26-14-12(24)6-25-15(13)14;2*1-2/h1-5,12-15,24H,6-7,20H2,(H,21,22,23);1-2H3;2H,1H3/t12-,13-,14-,15-;;/m1../s1. The average molecular weight is 515 g/mol. The summed E-state index contributed by atoms with van der Waals surface area (Å²) >= 11 is 11.0. The molecule has 2 aliphatic rings. The summed E-state index contributed by atoms with van der Waals surface area (Å²) in [6.45, 7) is 4.54. The van der Waals surface area contributed by atoms with Crippen LogP contribution in [-0.2, 0) is 9.47 Å². The molecule has 4 atom stereocenters. The van der Waals surface area contributed by atoms with Gasteiger partial charge in [0.25, 0.3) is 6.01 Å². The van der Waals surface area contributed by atoms with Gasteiger partial charge in [-0.15, -0.1) is 0 Å². The van der Waals surface area contributed by atoms with Crippen molar-refractivity contribution < 1.29 is 24.1 Å². The molecule has 0 radical (unpaired) electrons. The molecular formula is C21H27ClN4O5S2. The molecule has 4 heterocycles. The Kier molecular flexibility index (Phi) is 9.50.